The minimum absolute atomic E-state index is 0.0252. The number of unbranched alkanes of at least 4 members (excludes halogenated alkanes) is 8. The van der Waals surface area contributed by atoms with Crippen LogP contribution in [0.5, 0.6) is 0 Å². The number of aliphatic hydroxyl groups is 22. The fourth-order valence-corrected chi connectivity index (χ4v) is 12.3. The van der Waals surface area contributed by atoms with E-state index in [0.29, 0.717) is 44.9 Å². The molecule has 0 radical (unpaired) electrons. The zero-order chi connectivity index (χ0) is 69.9. The highest BCUT2D eigenvalue weighted by Crippen LogP contribution is 2.33. The van der Waals surface area contributed by atoms with Gasteiger partial charge in [0, 0.05) is 18.4 Å². The molecule has 2 saturated heterocycles. The molecule has 546 valence electrons. The molecule has 93 heavy (non-hydrogen) atoms. The van der Waals surface area contributed by atoms with Crippen molar-refractivity contribution >= 4 is 11.6 Å². The maximum atomic E-state index is 11.2. The monoisotopic (exact) mass is 1360 g/mol. The van der Waals surface area contributed by atoms with Crippen LogP contribution in [-0.4, -0.2) is 272 Å². The van der Waals surface area contributed by atoms with E-state index in [1.54, 1.807) is 45.1 Å². The van der Waals surface area contributed by atoms with E-state index in [1.807, 2.05) is 6.08 Å². The molecule has 0 aromatic heterocycles. The molecule has 28 unspecified atom stereocenters. The van der Waals surface area contributed by atoms with Crippen LogP contribution >= 0.6 is 11.6 Å². The minimum Gasteiger partial charge on any atom is -0.394 e. The van der Waals surface area contributed by atoms with Crippen LogP contribution in [0.3, 0.4) is 0 Å². The summed E-state index contributed by atoms with van der Waals surface area (Å²) in [6, 6.07) is 0. The number of halogens is 1. The lowest BCUT2D eigenvalue weighted by atomic mass is 9.85. The average molecular weight is 1360 g/mol. The van der Waals surface area contributed by atoms with Gasteiger partial charge in [-0.15, -0.1) is 0 Å². The van der Waals surface area contributed by atoms with Crippen LogP contribution in [0, 0.1) is 17.8 Å². The van der Waals surface area contributed by atoms with E-state index in [4.69, 9.17) is 26.2 Å². The van der Waals surface area contributed by atoms with Crippen LogP contribution in [0.2, 0.25) is 0 Å². The number of rotatable bonds is 51. The van der Waals surface area contributed by atoms with Crippen molar-refractivity contribution in [1.29, 1.82) is 0 Å². The van der Waals surface area contributed by atoms with Crippen molar-refractivity contribution in [1.82, 2.24) is 0 Å². The van der Waals surface area contributed by atoms with Crippen molar-refractivity contribution in [3.63, 3.8) is 0 Å². The second-order valence-electron chi connectivity index (χ2n) is 26.8. The van der Waals surface area contributed by atoms with Gasteiger partial charge in [0.2, 0.25) is 0 Å². The van der Waals surface area contributed by atoms with Gasteiger partial charge in [-0.1, -0.05) is 120 Å². The fraction of sp³-hybridized carbons (Fsp3) is 0.853. The van der Waals surface area contributed by atoms with Crippen LogP contribution in [-0.2, 0) is 9.47 Å². The maximum Gasteiger partial charge on any atom is 0.115 e. The van der Waals surface area contributed by atoms with Gasteiger partial charge in [-0.3, -0.25) is 0 Å². The molecule has 0 aliphatic carbocycles. The van der Waals surface area contributed by atoms with Crippen LogP contribution in [0.15, 0.2) is 60.2 Å². The molecule has 0 aromatic rings. The molecule has 2 aliphatic heterocycles. The molecule has 0 bridgehead atoms. The molecule has 0 spiro atoms. The highest BCUT2D eigenvalue weighted by molar-refractivity contribution is 6.25. The van der Waals surface area contributed by atoms with Gasteiger partial charge in [0.25, 0.3) is 0 Å². The Labute approximate surface area is 556 Å². The SMILES string of the molecule is C=C(CCC(O)C1OC(CC(O)C(O)C(C)CCCC(O)C(O)C(O)C(C)CCC(O)C(O)C(C)CC(O)CCCC(O)CCCC(O)/C=C/CC(O)CO)C(O)C(O)C1O)C(O)C(O)C1CC(O)C(O)C(C(O)C(O)/C=C/CCCCCCCCC/C=C/C=C/Cl)O1. The zero-order valence-corrected chi connectivity index (χ0v) is 55.9. The molecule has 0 saturated carbocycles. The summed E-state index contributed by atoms with van der Waals surface area (Å²) in [6.45, 7) is 8.35. The van der Waals surface area contributed by atoms with E-state index in [2.05, 4.69) is 12.7 Å². The summed E-state index contributed by atoms with van der Waals surface area (Å²) >= 11 is 5.50. The molecule has 24 nitrogen and oxygen atoms in total. The predicted octanol–water partition coefficient (Wildman–Crippen LogP) is 1.12. The molecule has 2 rings (SSSR count). The Bertz CT molecular complexity index is 2040. The third-order valence-corrected chi connectivity index (χ3v) is 18.8. The van der Waals surface area contributed by atoms with Crippen molar-refractivity contribution in [2.75, 3.05) is 6.61 Å². The van der Waals surface area contributed by atoms with Gasteiger partial charge in [-0.05, 0) is 139 Å². The normalized spacial score (nSPS) is 28.0. The molecular formula is C68H123ClO24. The summed E-state index contributed by atoms with van der Waals surface area (Å²) < 4.78 is 11.6. The van der Waals surface area contributed by atoms with Gasteiger partial charge in [-0.2, -0.15) is 0 Å². The van der Waals surface area contributed by atoms with E-state index >= 15 is 0 Å². The first kappa shape index (κ1) is 87.1. The fourth-order valence-electron chi connectivity index (χ4n) is 12.2. The van der Waals surface area contributed by atoms with E-state index in [-0.39, 0.29) is 76.4 Å². The average Bonchev–Trinajstić information content (AvgIpc) is 0.823. The highest BCUT2D eigenvalue weighted by atomic mass is 35.5. The van der Waals surface area contributed by atoms with Crippen molar-refractivity contribution < 1.29 is 122 Å². The molecule has 0 aromatic carbocycles. The predicted molar refractivity (Wildman–Crippen MR) is 350 cm³/mol. The third-order valence-electron chi connectivity index (χ3n) is 18.7. The van der Waals surface area contributed by atoms with Crippen molar-refractivity contribution in [2.24, 2.45) is 17.8 Å². The van der Waals surface area contributed by atoms with Gasteiger partial charge >= 0.3 is 0 Å². The van der Waals surface area contributed by atoms with E-state index in [9.17, 15) is 107 Å². The summed E-state index contributed by atoms with van der Waals surface area (Å²) in [5.74, 6) is -1.79. The second kappa shape index (κ2) is 47.9. The Morgan fingerprint density at radius 3 is 1.70 bits per heavy atom. The molecule has 2 heterocycles. The van der Waals surface area contributed by atoms with Gasteiger partial charge in [0.05, 0.1) is 92.1 Å². The molecule has 25 heteroatoms. The summed E-state index contributed by atoms with van der Waals surface area (Å²) in [4.78, 5) is 0. The van der Waals surface area contributed by atoms with Crippen molar-refractivity contribution in [3.8, 4) is 0 Å². The molecule has 2 aliphatic rings. The van der Waals surface area contributed by atoms with Crippen LogP contribution in [0.1, 0.15) is 188 Å². The van der Waals surface area contributed by atoms with Crippen molar-refractivity contribution in [2.45, 2.75) is 340 Å². The summed E-state index contributed by atoms with van der Waals surface area (Å²) in [6.07, 6.45) is -12.4. The number of hydrogen-bond donors (Lipinski definition) is 22. The zero-order valence-electron chi connectivity index (χ0n) is 55.1. The first-order chi connectivity index (χ1) is 44.0. The number of allylic oxidation sites excluding steroid dienone is 4. The molecular weight excluding hydrogens is 1240 g/mol. The Hall–Kier alpha value is -1.97. The third kappa shape index (κ3) is 32.7. The minimum atomic E-state index is -1.87. The topological polar surface area (TPSA) is 464 Å². The van der Waals surface area contributed by atoms with Crippen LogP contribution < -0.4 is 0 Å². The van der Waals surface area contributed by atoms with Gasteiger partial charge in [0.1, 0.15) is 67.1 Å². The molecule has 0 amide bonds. The van der Waals surface area contributed by atoms with Crippen LogP contribution in [0.4, 0.5) is 0 Å². The van der Waals surface area contributed by atoms with Crippen LogP contribution in [0.25, 0.3) is 0 Å². The summed E-state index contributed by atoms with van der Waals surface area (Å²) in [5, 5.41) is 235. The van der Waals surface area contributed by atoms with Crippen molar-refractivity contribution in [3.05, 3.63) is 60.2 Å². The molecule has 22 N–H and O–H groups in total. The Kier molecular flexibility index (Phi) is 44.9. The first-order valence-electron chi connectivity index (χ1n) is 34.1. The Morgan fingerprint density at radius 2 is 1.06 bits per heavy atom. The lowest BCUT2D eigenvalue weighted by molar-refractivity contribution is -0.250. The standard InChI is InChI=1S/C68H123ClO24/c1-40(22-18-30-48(75)60(85)58(83)41(2)31-33-50(77)57(82)43(4)36-46(73)27-20-25-44(71)23-19-24-45(72)26-21-28-47(74)39-70)56(81)52(79)37-55-64(89)65(90)66(91)67(92-55)51(78)34-32-42(3)59(84)63(88)54-38-53(80)62(87)68(93-54)61(86)49(76)29-16-14-12-10-8-6-5-7-9-11-13-15-17-35-69/h13,15-17,21,26,29,35,40-41,43-68,70-91H,3,5-12,14,18-20,22-25,27-28,30-34,36-39H2,1-2,4H3/b15-13+,26-21+,29-16+,35-17+. The number of aliphatic hydroxyl groups excluding tert-OH is 22. The number of ether oxygens (including phenoxy) is 2. The summed E-state index contributed by atoms with van der Waals surface area (Å²) in [7, 11) is 0. The Balaban J connectivity index is 1.79. The Morgan fingerprint density at radius 1 is 0.495 bits per heavy atom. The quantitative estimate of drug-likeness (QED) is 0.0230. The number of hydrogen-bond acceptors (Lipinski definition) is 24. The van der Waals surface area contributed by atoms with E-state index in [1.165, 1.54) is 11.6 Å². The maximum absolute atomic E-state index is 11.2. The largest absolute Gasteiger partial charge is 0.394 e. The molecule has 28 atom stereocenters. The van der Waals surface area contributed by atoms with E-state index < -0.39 is 177 Å². The van der Waals surface area contributed by atoms with E-state index in [0.717, 1.165) is 51.4 Å². The highest BCUT2D eigenvalue weighted by Gasteiger charge is 2.49. The smallest absolute Gasteiger partial charge is 0.115 e. The van der Waals surface area contributed by atoms with Gasteiger partial charge in [0.15, 0.2) is 0 Å². The lowest BCUT2D eigenvalue weighted by Gasteiger charge is -2.43. The van der Waals surface area contributed by atoms with Gasteiger partial charge in [-0.25, -0.2) is 0 Å². The molecule has 2 fully saturated rings. The first-order valence-corrected chi connectivity index (χ1v) is 34.6. The second-order valence-corrected chi connectivity index (χ2v) is 27.0. The van der Waals surface area contributed by atoms with Gasteiger partial charge < -0.3 is 122 Å². The lowest BCUT2D eigenvalue weighted by Crippen LogP contribution is -2.61. The summed E-state index contributed by atoms with van der Waals surface area (Å²) in [5.41, 5.74) is 1.42.